The third kappa shape index (κ3) is 5.31. The van der Waals surface area contributed by atoms with Crippen molar-refractivity contribution < 1.29 is 19.0 Å². The number of carboxylic acid groups (broad SMARTS) is 1. The zero-order valence-electron chi connectivity index (χ0n) is 14.6. The summed E-state index contributed by atoms with van der Waals surface area (Å²) < 4.78 is 18.6. The molecule has 0 amide bonds. The Bertz CT molecular complexity index is 1010. The average molecular weight is 399 g/mol. The molecule has 0 bridgehead atoms. The second-order valence-electron chi connectivity index (χ2n) is 5.86. The first-order valence-electron chi connectivity index (χ1n) is 8.30. The van der Waals surface area contributed by atoms with E-state index in [4.69, 9.17) is 21.4 Å². The van der Waals surface area contributed by atoms with E-state index in [2.05, 4.69) is 10.5 Å². The number of nitrogens with zero attached hydrogens (tertiary/aromatic N) is 1. The SMILES string of the molecule is O=C(O)c1cc(NN=Cc2cccc(OCc3ccc(F)cc3)c2)ccc1Cl. The van der Waals surface area contributed by atoms with E-state index in [1.165, 1.54) is 24.3 Å². The van der Waals surface area contributed by atoms with Crippen LogP contribution in [0.15, 0.2) is 71.8 Å². The highest BCUT2D eigenvalue weighted by Crippen LogP contribution is 2.20. The van der Waals surface area contributed by atoms with Gasteiger partial charge in [-0.25, -0.2) is 9.18 Å². The maximum atomic E-state index is 12.9. The number of hydrogen-bond acceptors (Lipinski definition) is 4. The van der Waals surface area contributed by atoms with Crippen LogP contribution >= 0.6 is 11.6 Å². The van der Waals surface area contributed by atoms with Crippen LogP contribution in [0.3, 0.4) is 0 Å². The molecule has 2 N–H and O–H groups in total. The van der Waals surface area contributed by atoms with Crippen LogP contribution < -0.4 is 10.2 Å². The van der Waals surface area contributed by atoms with Crippen LogP contribution in [0.4, 0.5) is 10.1 Å². The molecular formula is C21H16ClFN2O3. The van der Waals surface area contributed by atoms with Crippen LogP contribution in [0.5, 0.6) is 5.75 Å². The van der Waals surface area contributed by atoms with Crippen LogP contribution in [-0.4, -0.2) is 17.3 Å². The summed E-state index contributed by atoms with van der Waals surface area (Å²) in [6.45, 7) is 0.321. The van der Waals surface area contributed by atoms with Gasteiger partial charge in [0.1, 0.15) is 18.2 Å². The number of hydrazone groups is 1. The van der Waals surface area contributed by atoms with Gasteiger partial charge in [-0.3, -0.25) is 5.43 Å². The maximum absolute atomic E-state index is 12.9. The van der Waals surface area contributed by atoms with Crippen molar-refractivity contribution in [2.75, 3.05) is 5.43 Å². The smallest absolute Gasteiger partial charge is 0.337 e. The number of benzene rings is 3. The number of halogens is 2. The highest BCUT2D eigenvalue weighted by molar-refractivity contribution is 6.33. The Kier molecular flexibility index (Phi) is 6.24. The summed E-state index contributed by atoms with van der Waals surface area (Å²) >= 11 is 5.84. The lowest BCUT2D eigenvalue weighted by atomic mass is 10.2. The molecule has 5 nitrogen and oxygen atoms in total. The molecule has 0 aromatic heterocycles. The second-order valence-corrected chi connectivity index (χ2v) is 6.26. The largest absolute Gasteiger partial charge is 0.489 e. The topological polar surface area (TPSA) is 70.9 Å². The van der Waals surface area contributed by atoms with Gasteiger partial charge in [-0.2, -0.15) is 5.10 Å². The van der Waals surface area contributed by atoms with E-state index in [-0.39, 0.29) is 16.4 Å². The molecule has 0 heterocycles. The van der Waals surface area contributed by atoms with Crippen LogP contribution in [0.25, 0.3) is 0 Å². The van der Waals surface area contributed by atoms with Gasteiger partial charge in [-0.05, 0) is 53.6 Å². The van der Waals surface area contributed by atoms with Gasteiger partial charge < -0.3 is 9.84 Å². The van der Waals surface area contributed by atoms with Crippen molar-refractivity contribution in [3.8, 4) is 5.75 Å². The molecule has 0 aliphatic rings. The standard InChI is InChI=1S/C21H16ClFN2O3/c22-20-9-8-17(11-19(20)21(26)27)25-24-12-15-2-1-3-18(10-15)28-13-14-4-6-16(23)7-5-14/h1-12,25H,13H2,(H,26,27). The fourth-order valence-corrected chi connectivity index (χ4v) is 2.57. The van der Waals surface area contributed by atoms with Gasteiger partial charge in [0, 0.05) is 0 Å². The molecule has 0 fully saturated rings. The highest BCUT2D eigenvalue weighted by Gasteiger charge is 2.08. The van der Waals surface area contributed by atoms with E-state index >= 15 is 0 Å². The van der Waals surface area contributed by atoms with Crippen molar-refractivity contribution >= 4 is 29.5 Å². The van der Waals surface area contributed by atoms with Gasteiger partial charge in [0.05, 0.1) is 22.5 Å². The minimum atomic E-state index is -1.11. The van der Waals surface area contributed by atoms with Crippen molar-refractivity contribution in [1.82, 2.24) is 0 Å². The van der Waals surface area contributed by atoms with Crippen molar-refractivity contribution in [3.63, 3.8) is 0 Å². The lowest BCUT2D eigenvalue weighted by molar-refractivity contribution is 0.0697. The summed E-state index contributed by atoms with van der Waals surface area (Å²) in [6.07, 6.45) is 1.58. The van der Waals surface area contributed by atoms with Gasteiger partial charge in [0.2, 0.25) is 0 Å². The molecule has 0 radical (unpaired) electrons. The fourth-order valence-electron chi connectivity index (χ4n) is 2.37. The highest BCUT2D eigenvalue weighted by atomic mass is 35.5. The summed E-state index contributed by atoms with van der Waals surface area (Å²) in [4.78, 5) is 11.1. The number of carboxylic acids is 1. The summed E-state index contributed by atoms with van der Waals surface area (Å²) in [6, 6.07) is 17.9. The third-order valence-corrected chi connectivity index (χ3v) is 4.11. The zero-order valence-corrected chi connectivity index (χ0v) is 15.4. The monoisotopic (exact) mass is 398 g/mol. The molecule has 0 atom stereocenters. The number of carbonyl (C=O) groups is 1. The third-order valence-electron chi connectivity index (χ3n) is 3.78. The predicted octanol–water partition coefficient (Wildman–Crippen LogP) is 5.20. The summed E-state index contributed by atoms with van der Waals surface area (Å²) in [5.41, 5.74) is 4.92. The Morgan fingerprint density at radius 2 is 1.93 bits per heavy atom. The van der Waals surface area contributed by atoms with Crippen LogP contribution in [0.1, 0.15) is 21.5 Å². The number of nitrogens with one attached hydrogen (secondary N) is 1. The lowest BCUT2D eigenvalue weighted by Gasteiger charge is -2.07. The van der Waals surface area contributed by atoms with Gasteiger partial charge in [0.15, 0.2) is 0 Å². The maximum Gasteiger partial charge on any atom is 0.337 e. The molecule has 0 aliphatic heterocycles. The molecule has 142 valence electrons. The molecule has 7 heteroatoms. The van der Waals surface area contributed by atoms with Crippen molar-refractivity contribution in [2.45, 2.75) is 6.61 Å². The first-order chi connectivity index (χ1) is 13.5. The molecule has 3 rings (SSSR count). The molecule has 3 aromatic rings. The first-order valence-corrected chi connectivity index (χ1v) is 8.68. The van der Waals surface area contributed by atoms with Gasteiger partial charge in [-0.15, -0.1) is 0 Å². The van der Waals surface area contributed by atoms with E-state index in [1.807, 2.05) is 18.2 Å². The van der Waals surface area contributed by atoms with Gasteiger partial charge in [-0.1, -0.05) is 35.9 Å². The van der Waals surface area contributed by atoms with Crippen LogP contribution in [0, 0.1) is 5.82 Å². The fraction of sp³-hybridized carbons (Fsp3) is 0.0476. The lowest BCUT2D eigenvalue weighted by Crippen LogP contribution is -1.99. The minimum Gasteiger partial charge on any atom is -0.489 e. The molecule has 0 aliphatic carbocycles. The molecule has 0 saturated carbocycles. The second kappa shape index (κ2) is 9.01. The van der Waals surface area contributed by atoms with E-state index in [1.54, 1.807) is 30.5 Å². The number of anilines is 1. The van der Waals surface area contributed by atoms with Crippen LogP contribution in [-0.2, 0) is 6.61 Å². The molecule has 28 heavy (non-hydrogen) atoms. The minimum absolute atomic E-state index is 0.00180. The van der Waals surface area contributed by atoms with Crippen molar-refractivity contribution in [2.24, 2.45) is 5.10 Å². The van der Waals surface area contributed by atoms with Crippen molar-refractivity contribution in [1.29, 1.82) is 0 Å². The van der Waals surface area contributed by atoms with E-state index in [0.717, 1.165) is 11.1 Å². The van der Waals surface area contributed by atoms with Crippen molar-refractivity contribution in [3.05, 3.63) is 94.3 Å². The van der Waals surface area contributed by atoms with Crippen LogP contribution in [0.2, 0.25) is 5.02 Å². The number of rotatable bonds is 7. The molecule has 0 unspecified atom stereocenters. The summed E-state index contributed by atoms with van der Waals surface area (Å²) in [5, 5.41) is 13.4. The van der Waals surface area contributed by atoms with E-state index < -0.39 is 5.97 Å². The predicted molar refractivity (Wildman–Crippen MR) is 107 cm³/mol. The van der Waals surface area contributed by atoms with E-state index in [0.29, 0.717) is 18.0 Å². The molecular weight excluding hydrogens is 383 g/mol. The summed E-state index contributed by atoms with van der Waals surface area (Å²) in [5.74, 6) is -0.748. The molecule has 0 saturated heterocycles. The van der Waals surface area contributed by atoms with Gasteiger partial charge >= 0.3 is 5.97 Å². The molecule has 0 spiro atoms. The summed E-state index contributed by atoms with van der Waals surface area (Å²) in [7, 11) is 0. The molecule has 3 aromatic carbocycles. The number of hydrogen-bond donors (Lipinski definition) is 2. The normalized spacial score (nSPS) is 10.8. The number of ether oxygens (including phenoxy) is 1. The Labute approximate surface area is 166 Å². The number of aromatic carboxylic acids is 1. The van der Waals surface area contributed by atoms with Gasteiger partial charge in [0.25, 0.3) is 0 Å². The quantitative estimate of drug-likeness (QED) is 0.423. The Morgan fingerprint density at radius 1 is 1.14 bits per heavy atom. The van der Waals surface area contributed by atoms with E-state index in [9.17, 15) is 9.18 Å². The average Bonchev–Trinajstić information content (AvgIpc) is 2.69. The Hall–Kier alpha value is -3.38. The Morgan fingerprint density at radius 3 is 2.68 bits per heavy atom. The Balaban J connectivity index is 1.61. The first kappa shape index (κ1) is 19.4. The zero-order chi connectivity index (χ0) is 19.9.